The molecule has 0 radical (unpaired) electrons. The maximum absolute atomic E-state index is 14.1. The Morgan fingerprint density at radius 1 is 0.889 bits per heavy atom. The van der Waals surface area contributed by atoms with Gasteiger partial charge in [-0.3, -0.25) is 9.59 Å². The van der Waals surface area contributed by atoms with E-state index in [1.807, 2.05) is 76.5 Å². The normalized spacial score (nSPS) is 19.9. The van der Waals surface area contributed by atoms with E-state index in [4.69, 9.17) is 4.74 Å². The third-order valence-corrected chi connectivity index (χ3v) is 7.63. The molecule has 0 spiro atoms. The van der Waals surface area contributed by atoms with Gasteiger partial charge in [-0.25, -0.2) is 0 Å². The molecule has 0 N–H and O–H groups in total. The van der Waals surface area contributed by atoms with E-state index in [1.54, 1.807) is 13.2 Å². The van der Waals surface area contributed by atoms with E-state index in [1.165, 1.54) is 6.42 Å². The summed E-state index contributed by atoms with van der Waals surface area (Å²) in [4.78, 5) is 31.7. The van der Waals surface area contributed by atoms with E-state index in [2.05, 4.69) is 13.0 Å². The van der Waals surface area contributed by atoms with E-state index in [0.29, 0.717) is 17.7 Å². The van der Waals surface area contributed by atoms with Crippen LogP contribution >= 0.6 is 0 Å². The van der Waals surface area contributed by atoms with Crippen molar-refractivity contribution in [1.29, 1.82) is 0 Å². The van der Waals surface area contributed by atoms with Gasteiger partial charge < -0.3 is 14.5 Å². The van der Waals surface area contributed by atoms with Gasteiger partial charge in [0.25, 0.3) is 5.91 Å². The summed E-state index contributed by atoms with van der Waals surface area (Å²) in [5, 5.41) is 0. The molecule has 186 valence electrons. The number of methoxy groups -OCH3 is 1. The molecule has 0 aromatic heterocycles. The molecule has 36 heavy (non-hydrogen) atoms. The first-order valence-corrected chi connectivity index (χ1v) is 13.0. The highest BCUT2D eigenvalue weighted by Crippen LogP contribution is 2.44. The van der Waals surface area contributed by atoms with Gasteiger partial charge in [0.2, 0.25) is 5.91 Å². The summed E-state index contributed by atoms with van der Waals surface area (Å²) in [6, 6.07) is 25.2. The molecule has 0 unspecified atom stereocenters. The zero-order chi connectivity index (χ0) is 25.1. The second-order valence-electron chi connectivity index (χ2n) is 9.95. The molecule has 5 nitrogen and oxygen atoms in total. The quantitative estimate of drug-likeness (QED) is 0.402. The van der Waals surface area contributed by atoms with Crippen molar-refractivity contribution in [1.82, 2.24) is 0 Å². The molecule has 5 rings (SSSR count). The van der Waals surface area contributed by atoms with Gasteiger partial charge in [-0.2, -0.15) is 0 Å². The highest BCUT2D eigenvalue weighted by Gasteiger charge is 2.40. The maximum Gasteiger partial charge on any atom is 0.258 e. The van der Waals surface area contributed by atoms with Crippen molar-refractivity contribution in [3.8, 4) is 5.75 Å². The molecule has 3 aromatic rings. The van der Waals surface area contributed by atoms with Crippen LogP contribution in [0.1, 0.15) is 67.4 Å². The molecule has 5 heteroatoms. The van der Waals surface area contributed by atoms with Gasteiger partial charge in [0.15, 0.2) is 0 Å². The predicted molar refractivity (Wildman–Crippen MR) is 144 cm³/mol. The van der Waals surface area contributed by atoms with E-state index in [0.717, 1.165) is 42.6 Å². The van der Waals surface area contributed by atoms with Crippen molar-refractivity contribution in [2.75, 3.05) is 16.9 Å². The topological polar surface area (TPSA) is 49.9 Å². The number of para-hydroxylation sites is 2. The largest absolute Gasteiger partial charge is 0.497 e. The van der Waals surface area contributed by atoms with Crippen LogP contribution in [0, 0.1) is 5.92 Å². The van der Waals surface area contributed by atoms with Crippen LogP contribution in [-0.2, 0) is 4.79 Å². The lowest BCUT2D eigenvalue weighted by Crippen LogP contribution is -2.49. The fraction of sp³-hybridized carbons (Fsp3) is 0.355. The van der Waals surface area contributed by atoms with Crippen LogP contribution in [0.5, 0.6) is 5.75 Å². The lowest BCUT2D eigenvalue weighted by molar-refractivity contribution is -0.123. The number of carbonyl (C=O) groups is 2. The molecule has 2 atom stereocenters. The zero-order valence-electron chi connectivity index (χ0n) is 21.1. The molecule has 0 bridgehead atoms. The number of hydrogen-bond donors (Lipinski definition) is 0. The first-order chi connectivity index (χ1) is 17.6. The van der Waals surface area contributed by atoms with Crippen LogP contribution in [0.2, 0.25) is 0 Å². The standard InChI is InChI=1S/C31H34N2O3/c1-22-20-29(33(25-15-7-4-8-16-25)30(34)23-12-5-3-6-13-23)27-18-9-10-19-28(27)32(22)31(35)24-14-11-17-26(21-24)36-2/h4,7-11,14-19,21-23,29H,3,5-6,12-13,20H2,1-2H3/t22-,29+/m0/s1. The van der Waals surface area contributed by atoms with Crippen LogP contribution < -0.4 is 14.5 Å². The Balaban J connectivity index is 1.55. The number of hydrogen-bond acceptors (Lipinski definition) is 3. The van der Waals surface area contributed by atoms with Crippen LogP contribution in [-0.4, -0.2) is 25.0 Å². The van der Waals surface area contributed by atoms with Gasteiger partial charge in [-0.15, -0.1) is 0 Å². The Kier molecular flexibility index (Phi) is 7.08. The van der Waals surface area contributed by atoms with Crippen LogP contribution in [0.3, 0.4) is 0 Å². The minimum atomic E-state index is -0.137. The maximum atomic E-state index is 14.1. The van der Waals surface area contributed by atoms with E-state index in [9.17, 15) is 9.59 Å². The molecule has 2 aliphatic rings. The average Bonchev–Trinajstić information content (AvgIpc) is 2.94. The summed E-state index contributed by atoms with van der Waals surface area (Å²) in [6.45, 7) is 2.08. The monoisotopic (exact) mass is 482 g/mol. The number of nitrogens with zero attached hydrogens (tertiary/aromatic N) is 2. The van der Waals surface area contributed by atoms with Gasteiger partial charge in [0.1, 0.15) is 5.75 Å². The Hall–Kier alpha value is -3.60. The summed E-state index contributed by atoms with van der Waals surface area (Å²) >= 11 is 0. The Morgan fingerprint density at radius 3 is 2.36 bits per heavy atom. The van der Waals surface area contributed by atoms with Gasteiger partial charge in [0, 0.05) is 28.9 Å². The number of ether oxygens (including phenoxy) is 1. The number of anilines is 2. The van der Waals surface area contributed by atoms with Crippen LogP contribution in [0.4, 0.5) is 11.4 Å². The van der Waals surface area contributed by atoms with Crippen molar-refractivity contribution in [2.24, 2.45) is 5.92 Å². The lowest BCUT2D eigenvalue weighted by Gasteiger charge is -2.44. The van der Waals surface area contributed by atoms with Crippen molar-refractivity contribution in [3.63, 3.8) is 0 Å². The summed E-state index contributed by atoms with van der Waals surface area (Å²) in [5.74, 6) is 0.862. The molecule has 1 fully saturated rings. The van der Waals surface area contributed by atoms with E-state index >= 15 is 0 Å². The molecular weight excluding hydrogens is 448 g/mol. The van der Waals surface area contributed by atoms with Gasteiger partial charge in [0.05, 0.1) is 13.2 Å². The second-order valence-corrected chi connectivity index (χ2v) is 9.95. The third-order valence-electron chi connectivity index (χ3n) is 7.63. The number of rotatable bonds is 5. The Bertz CT molecular complexity index is 1220. The van der Waals surface area contributed by atoms with Gasteiger partial charge >= 0.3 is 0 Å². The number of benzene rings is 3. The van der Waals surface area contributed by atoms with E-state index in [-0.39, 0.29) is 29.8 Å². The summed E-state index contributed by atoms with van der Waals surface area (Å²) in [5.41, 5.74) is 3.40. The lowest BCUT2D eigenvalue weighted by atomic mass is 9.85. The number of carbonyl (C=O) groups excluding carboxylic acids is 2. The average molecular weight is 483 g/mol. The molecule has 2 amide bonds. The molecule has 0 saturated heterocycles. The Morgan fingerprint density at radius 2 is 1.61 bits per heavy atom. The molecule has 1 saturated carbocycles. The first-order valence-electron chi connectivity index (χ1n) is 13.0. The fourth-order valence-electron chi connectivity index (χ4n) is 5.83. The van der Waals surface area contributed by atoms with Crippen molar-refractivity contribution in [3.05, 3.63) is 90.0 Å². The van der Waals surface area contributed by atoms with Gasteiger partial charge in [-0.05, 0) is 68.1 Å². The van der Waals surface area contributed by atoms with Crippen LogP contribution in [0.15, 0.2) is 78.9 Å². The first kappa shape index (κ1) is 24.1. The minimum Gasteiger partial charge on any atom is -0.497 e. The highest BCUT2D eigenvalue weighted by molar-refractivity contribution is 6.08. The second kappa shape index (κ2) is 10.6. The number of fused-ring (bicyclic) bond motifs is 1. The number of amides is 2. The third kappa shape index (κ3) is 4.62. The van der Waals surface area contributed by atoms with Crippen molar-refractivity contribution >= 4 is 23.2 Å². The Labute approximate surface area is 213 Å². The molecule has 3 aromatic carbocycles. The summed E-state index contributed by atoms with van der Waals surface area (Å²) in [7, 11) is 1.61. The van der Waals surface area contributed by atoms with Crippen molar-refractivity contribution in [2.45, 2.75) is 57.5 Å². The zero-order valence-corrected chi connectivity index (χ0v) is 21.1. The van der Waals surface area contributed by atoms with Gasteiger partial charge in [-0.1, -0.05) is 61.7 Å². The minimum absolute atomic E-state index is 0.0536. The smallest absolute Gasteiger partial charge is 0.258 e. The molecule has 1 heterocycles. The highest BCUT2D eigenvalue weighted by atomic mass is 16.5. The summed E-state index contributed by atoms with van der Waals surface area (Å²) in [6.07, 6.45) is 6.00. The molecule has 1 aliphatic carbocycles. The summed E-state index contributed by atoms with van der Waals surface area (Å²) < 4.78 is 5.36. The van der Waals surface area contributed by atoms with Crippen molar-refractivity contribution < 1.29 is 14.3 Å². The van der Waals surface area contributed by atoms with Crippen LogP contribution in [0.25, 0.3) is 0 Å². The fourth-order valence-corrected chi connectivity index (χ4v) is 5.83. The van der Waals surface area contributed by atoms with E-state index < -0.39 is 0 Å². The molecular formula is C31H34N2O3. The SMILES string of the molecule is COc1cccc(C(=O)N2c3ccccc3[C@H](N(C(=O)C3CCCCC3)c3ccccc3)C[C@@H]2C)c1. The molecule has 1 aliphatic heterocycles. The predicted octanol–water partition coefficient (Wildman–Crippen LogP) is 6.79.